The number of rotatable bonds is 4. The molecule has 0 radical (unpaired) electrons. The van der Waals surface area contributed by atoms with E-state index in [4.69, 9.17) is 5.73 Å². The molecular weight excluding hydrogens is 358 g/mol. The van der Waals surface area contributed by atoms with Crippen molar-refractivity contribution in [2.45, 2.75) is 36.6 Å². The Kier molecular flexibility index (Phi) is 5.50. The molecule has 0 bridgehead atoms. The second kappa shape index (κ2) is 7.87. The third-order valence-electron chi connectivity index (χ3n) is 6.29. The maximum Gasteiger partial charge on any atom is 0.243 e. The van der Waals surface area contributed by atoms with Gasteiger partial charge in [0.1, 0.15) is 0 Å². The molecule has 0 spiro atoms. The van der Waals surface area contributed by atoms with E-state index < -0.39 is 10.0 Å². The fourth-order valence-corrected chi connectivity index (χ4v) is 6.25. The first-order chi connectivity index (χ1) is 13.1. The molecule has 0 aromatic heterocycles. The number of hydrogen-bond acceptors (Lipinski definition) is 4. The summed E-state index contributed by atoms with van der Waals surface area (Å²) in [5.74, 6) is 0.660. The standard InChI is InChI=1S/C21H29N3O2S/c22-16-17-8-12-23(13-9-17)19-10-14-24(15-11-19)27(25,26)21-7-3-5-18-4-1-2-6-20(18)21/h1-7,17,19H,8-16,22H2. The van der Waals surface area contributed by atoms with Crippen LogP contribution in [0.4, 0.5) is 0 Å². The molecule has 2 aromatic rings. The molecule has 2 N–H and O–H groups in total. The number of hydrogen-bond donors (Lipinski definition) is 1. The highest BCUT2D eigenvalue weighted by atomic mass is 32.2. The molecule has 0 amide bonds. The molecule has 0 unspecified atom stereocenters. The van der Waals surface area contributed by atoms with Crippen molar-refractivity contribution in [1.82, 2.24) is 9.21 Å². The molecule has 0 aliphatic carbocycles. The minimum Gasteiger partial charge on any atom is -0.330 e. The second-order valence-corrected chi connectivity index (χ2v) is 9.73. The van der Waals surface area contributed by atoms with Gasteiger partial charge in [0.25, 0.3) is 0 Å². The van der Waals surface area contributed by atoms with E-state index >= 15 is 0 Å². The topological polar surface area (TPSA) is 66.6 Å². The third kappa shape index (κ3) is 3.76. The van der Waals surface area contributed by atoms with Crippen molar-refractivity contribution in [3.05, 3.63) is 42.5 Å². The summed E-state index contributed by atoms with van der Waals surface area (Å²) in [6.07, 6.45) is 4.17. The number of benzene rings is 2. The van der Waals surface area contributed by atoms with Gasteiger partial charge >= 0.3 is 0 Å². The van der Waals surface area contributed by atoms with Crippen LogP contribution in [0.5, 0.6) is 0 Å². The number of nitrogens with two attached hydrogens (primary N) is 1. The van der Waals surface area contributed by atoms with E-state index in [1.54, 1.807) is 10.4 Å². The Morgan fingerprint density at radius 2 is 1.56 bits per heavy atom. The van der Waals surface area contributed by atoms with Crippen molar-refractivity contribution in [3.63, 3.8) is 0 Å². The van der Waals surface area contributed by atoms with E-state index in [2.05, 4.69) is 4.90 Å². The molecular formula is C21H29N3O2S. The Labute approximate surface area is 162 Å². The summed E-state index contributed by atoms with van der Waals surface area (Å²) >= 11 is 0. The van der Waals surface area contributed by atoms with Crippen LogP contribution in [0.15, 0.2) is 47.4 Å². The van der Waals surface area contributed by atoms with Crippen molar-refractivity contribution < 1.29 is 8.42 Å². The lowest BCUT2D eigenvalue weighted by Crippen LogP contribution is -2.49. The molecule has 2 fully saturated rings. The molecule has 2 aliphatic heterocycles. The predicted octanol–water partition coefficient (Wildman–Crippen LogP) is 2.66. The minimum absolute atomic E-state index is 0.433. The molecule has 6 heteroatoms. The van der Waals surface area contributed by atoms with Crippen LogP contribution in [0.25, 0.3) is 10.8 Å². The van der Waals surface area contributed by atoms with Crippen molar-refractivity contribution >= 4 is 20.8 Å². The minimum atomic E-state index is -3.46. The lowest BCUT2D eigenvalue weighted by molar-refractivity contribution is 0.0987. The van der Waals surface area contributed by atoms with Crippen LogP contribution in [0.1, 0.15) is 25.7 Å². The molecule has 2 saturated heterocycles. The highest BCUT2D eigenvalue weighted by molar-refractivity contribution is 7.89. The van der Waals surface area contributed by atoms with Crippen LogP contribution < -0.4 is 5.73 Å². The highest BCUT2D eigenvalue weighted by Crippen LogP contribution is 2.29. The fourth-order valence-electron chi connectivity index (χ4n) is 4.56. The average Bonchev–Trinajstić information content (AvgIpc) is 2.73. The number of sulfonamides is 1. The van der Waals surface area contributed by atoms with E-state index in [1.807, 2.05) is 36.4 Å². The lowest BCUT2D eigenvalue weighted by Gasteiger charge is -2.41. The molecule has 146 valence electrons. The Balaban J connectivity index is 1.46. The molecule has 4 rings (SSSR count). The summed E-state index contributed by atoms with van der Waals surface area (Å²) in [4.78, 5) is 2.98. The van der Waals surface area contributed by atoms with Crippen LogP contribution in [0.2, 0.25) is 0 Å². The van der Waals surface area contributed by atoms with Gasteiger partial charge in [-0.15, -0.1) is 0 Å². The number of likely N-dealkylation sites (tertiary alicyclic amines) is 1. The third-order valence-corrected chi connectivity index (χ3v) is 8.25. The van der Waals surface area contributed by atoms with Crippen LogP contribution in [-0.4, -0.2) is 56.4 Å². The Morgan fingerprint density at radius 1 is 0.889 bits per heavy atom. The van der Waals surface area contributed by atoms with Gasteiger partial charge in [0, 0.05) is 24.5 Å². The first kappa shape index (κ1) is 18.9. The van der Waals surface area contributed by atoms with Gasteiger partial charge in [-0.1, -0.05) is 36.4 Å². The SMILES string of the molecule is NCC1CCN(C2CCN(S(=O)(=O)c3cccc4ccccc34)CC2)CC1. The Morgan fingerprint density at radius 3 is 2.26 bits per heavy atom. The zero-order chi connectivity index (χ0) is 18.9. The van der Waals surface area contributed by atoms with Crippen molar-refractivity contribution in [3.8, 4) is 0 Å². The van der Waals surface area contributed by atoms with Gasteiger partial charge in [0.05, 0.1) is 4.90 Å². The zero-order valence-electron chi connectivity index (χ0n) is 15.8. The van der Waals surface area contributed by atoms with E-state index in [9.17, 15) is 8.42 Å². The van der Waals surface area contributed by atoms with Crippen molar-refractivity contribution in [2.24, 2.45) is 11.7 Å². The summed E-state index contributed by atoms with van der Waals surface area (Å²) in [5, 5.41) is 1.78. The van der Waals surface area contributed by atoms with Gasteiger partial charge in [-0.05, 0) is 62.7 Å². The molecule has 2 heterocycles. The lowest BCUT2D eigenvalue weighted by atomic mass is 9.94. The number of fused-ring (bicyclic) bond motifs is 1. The normalized spacial score (nSPS) is 21.7. The van der Waals surface area contributed by atoms with Crippen LogP contribution >= 0.6 is 0 Å². The van der Waals surface area contributed by atoms with E-state index in [0.717, 1.165) is 43.2 Å². The summed E-state index contributed by atoms with van der Waals surface area (Å²) < 4.78 is 28.2. The van der Waals surface area contributed by atoms with Gasteiger partial charge < -0.3 is 10.6 Å². The van der Waals surface area contributed by atoms with Crippen molar-refractivity contribution in [1.29, 1.82) is 0 Å². The summed E-state index contributed by atoms with van der Waals surface area (Å²) in [5.41, 5.74) is 5.80. The zero-order valence-corrected chi connectivity index (χ0v) is 16.6. The summed E-state index contributed by atoms with van der Waals surface area (Å²) in [6, 6.07) is 13.7. The van der Waals surface area contributed by atoms with Gasteiger partial charge in [0.15, 0.2) is 0 Å². The second-order valence-electron chi connectivity index (χ2n) is 7.83. The number of piperidine rings is 2. The predicted molar refractivity (Wildman–Crippen MR) is 109 cm³/mol. The van der Waals surface area contributed by atoms with Crippen LogP contribution in [-0.2, 0) is 10.0 Å². The van der Waals surface area contributed by atoms with Gasteiger partial charge in [-0.3, -0.25) is 0 Å². The molecule has 27 heavy (non-hydrogen) atoms. The fraction of sp³-hybridized carbons (Fsp3) is 0.524. The Hall–Kier alpha value is -1.47. The maximum atomic E-state index is 13.3. The van der Waals surface area contributed by atoms with Gasteiger partial charge in [-0.2, -0.15) is 4.31 Å². The molecule has 0 saturated carbocycles. The summed E-state index contributed by atoms with van der Waals surface area (Å²) in [6.45, 7) is 4.20. The molecule has 2 aromatic carbocycles. The van der Waals surface area contributed by atoms with Crippen molar-refractivity contribution in [2.75, 3.05) is 32.7 Å². The number of nitrogens with zero attached hydrogens (tertiary/aromatic N) is 2. The molecule has 2 aliphatic rings. The smallest absolute Gasteiger partial charge is 0.243 e. The average molecular weight is 388 g/mol. The van der Waals surface area contributed by atoms with Gasteiger partial charge in [0.2, 0.25) is 10.0 Å². The first-order valence-corrected chi connectivity index (χ1v) is 11.5. The van der Waals surface area contributed by atoms with Gasteiger partial charge in [-0.25, -0.2) is 8.42 Å². The highest BCUT2D eigenvalue weighted by Gasteiger charge is 2.33. The maximum absolute atomic E-state index is 13.3. The van der Waals surface area contributed by atoms with E-state index in [1.165, 1.54) is 12.8 Å². The van der Waals surface area contributed by atoms with Crippen LogP contribution in [0, 0.1) is 5.92 Å². The first-order valence-electron chi connectivity index (χ1n) is 10.0. The summed E-state index contributed by atoms with van der Waals surface area (Å²) in [7, 11) is -3.46. The largest absolute Gasteiger partial charge is 0.330 e. The van der Waals surface area contributed by atoms with Crippen LogP contribution in [0.3, 0.4) is 0 Å². The van der Waals surface area contributed by atoms with E-state index in [-0.39, 0.29) is 0 Å². The van der Waals surface area contributed by atoms with E-state index in [0.29, 0.717) is 29.9 Å². The molecule has 5 nitrogen and oxygen atoms in total. The molecule has 0 atom stereocenters. The quantitative estimate of drug-likeness (QED) is 0.876. The Bertz CT molecular complexity index is 878. The monoisotopic (exact) mass is 387 g/mol.